The Balaban J connectivity index is 1.08. The highest BCUT2D eigenvalue weighted by molar-refractivity contribution is 6.12. The van der Waals surface area contributed by atoms with E-state index in [9.17, 15) is 0 Å². The Kier molecular flexibility index (Phi) is 6.80. The van der Waals surface area contributed by atoms with Gasteiger partial charge in [0.05, 0.1) is 0 Å². The second-order valence-corrected chi connectivity index (χ2v) is 14.0. The molecule has 4 nitrogen and oxygen atoms in total. The molecular formula is C48H33N3O. The van der Waals surface area contributed by atoms with E-state index >= 15 is 0 Å². The summed E-state index contributed by atoms with van der Waals surface area (Å²) in [6.45, 7) is 4.66. The lowest BCUT2D eigenvalue weighted by Crippen LogP contribution is -2.14. The maximum absolute atomic E-state index is 6.43. The topological polar surface area (TPSA) is 51.8 Å². The van der Waals surface area contributed by atoms with Gasteiger partial charge in [-0.25, -0.2) is 15.0 Å². The van der Waals surface area contributed by atoms with Gasteiger partial charge in [0, 0.05) is 32.9 Å². The molecule has 0 unspecified atom stereocenters. The first-order valence-corrected chi connectivity index (χ1v) is 17.7. The van der Waals surface area contributed by atoms with Crippen molar-refractivity contribution in [1.82, 2.24) is 15.0 Å². The van der Waals surface area contributed by atoms with Gasteiger partial charge in [-0.05, 0) is 62.7 Å². The lowest BCUT2D eigenvalue weighted by Gasteiger charge is -2.21. The second kappa shape index (κ2) is 11.7. The van der Waals surface area contributed by atoms with Crippen LogP contribution in [-0.4, -0.2) is 15.0 Å². The molecule has 0 atom stereocenters. The fourth-order valence-electron chi connectivity index (χ4n) is 7.96. The highest BCUT2D eigenvalue weighted by Crippen LogP contribution is 2.52. The molecule has 9 aromatic rings. The Labute approximate surface area is 302 Å². The number of nitrogens with zero attached hydrogens (tertiary/aromatic N) is 3. The minimum Gasteiger partial charge on any atom is -0.456 e. The number of furan rings is 1. The minimum atomic E-state index is -0.0307. The molecule has 4 heteroatoms. The predicted molar refractivity (Wildman–Crippen MR) is 212 cm³/mol. The van der Waals surface area contributed by atoms with Crippen LogP contribution in [0, 0.1) is 0 Å². The number of rotatable bonds is 5. The van der Waals surface area contributed by atoms with Gasteiger partial charge >= 0.3 is 0 Å². The largest absolute Gasteiger partial charge is 0.456 e. The second-order valence-electron chi connectivity index (χ2n) is 14.0. The van der Waals surface area contributed by atoms with E-state index in [1.54, 1.807) is 0 Å². The fraction of sp³-hybridized carbons (Fsp3) is 0.0625. The molecule has 0 aliphatic heterocycles. The van der Waals surface area contributed by atoms with E-state index in [1.165, 1.54) is 33.4 Å². The molecule has 0 saturated carbocycles. The summed E-state index contributed by atoms with van der Waals surface area (Å²) in [5.74, 6) is 1.87. The molecule has 2 heterocycles. The van der Waals surface area contributed by atoms with E-state index in [0.717, 1.165) is 49.8 Å². The van der Waals surface area contributed by atoms with Gasteiger partial charge in [-0.2, -0.15) is 0 Å². The van der Waals surface area contributed by atoms with Crippen molar-refractivity contribution in [2.75, 3.05) is 0 Å². The van der Waals surface area contributed by atoms with Crippen molar-refractivity contribution in [3.8, 4) is 67.5 Å². The average molecular weight is 668 g/mol. The van der Waals surface area contributed by atoms with Crippen molar-refractivity contribution < 1.29 is 4.42 Å². The summed E-state index contributed by atoms with van der Waals surface area (Å²) in [5.41, 5.74) is 14.6. The smallest absolute Gasteiger partial charge is 0.164 e. The zero-order chi connectivity index (χ0) is 34.8. The zero-order valence-electron chi connectivity index (χ0n) is 28.8. The summed E-state index contributed by atoms with van der Waals surface area (Å²) in [4.78, 5) is 15.0. The Bertz CT molecular complexity index is 2740. The van der Waals surface area contributed by atoms with E-state index < -0.39 is 0 Å². The van der Waals surface area contributed by atoms with Crippen LogP contribution in [0.5, 0.6) is 0 Å². The molecule has 1 aliphatic carbocycles. The van der Waals surface area contributed by atoms with E-state index in [0.29, 0.717) is 17.5 Å². The van der Waals surface area contributed by atoms with Gasteiger partial charge < -0.3 is 4.42 Å². The number of aromatic nitrogens is 3. The van der Waals surface area contributed by atoms with Gasteiger partial charge in [0.25, 0.3) is 0 Å². The Hall–Kier alpha value is -6.65. The first-order chi connectivity index (χ1) is 25.5. The molecule has 0 fully saturated rings. The maximum Gasteiger partial charge on any atom is 0.164 e. The van der Waals surface area contributed by atoms with Crippen molar-refractivity contribution in [2.24, 2.45) is 0 Å². The molecule has 1 aliphatic rings. The lowest BCUT2D eigenvalue weighted by molar-refractivity contribution is 0.660. The van der Waals surface area contributed by atoms with Crippen molar-refractivity contribution >= 4 is 21.9 Å². The van der Waals surface area contributed by atoms with Crippen LogP contribution in [0.1, 0.15) is 25.0 Å². The van der Waals surface area contributed by atoms with Crippen LogP contribution in [0.4, 0.5) is 0 Å². The molecule has 52 heavy (non-hydrogen) atoms. The molecule has 10 rings (SSSR count). The Morgan fingerprint density at radius 1 is 0.404 bits per heavy atom. The summed E-state index contributed by atoms with van der Waals surface area (Å²) in [7, 11) is 0. The first kappa shape index (κ1) is 30.2. The van der Waals surface area contributed by atoms with E-state index in [2.05, 4.69) is 105 Å². The summed E-state index contributed by atoms with van der Waals surface area (Å²) < 4.78 is 6.43. The van der Waals surface area contributed by atoms with Gasteiger partial charge in [-0.1, -0.05) is 159 Å². The van der Waals surface area contributed by atoms with Crippen molar-refractivity contribution in [3.63, 3.8) is 0 Å². The zero-order valence-corrected chi connectivity index (χ0v) is 28.8. The van der Waals surface area contributed by atoms with E-state index in [1.807, 2.05) is 72.8 Å². The normalized spacial score (nSPS) is 13.0. The van der Waals surface area contributed by atoms with Crippen molar-refractivity contribution in [2.45, 2.75) is 19.3 Å². The van der Waals surface area contributed by atoms with Gasteiger partial charge in [0.1, 0.15) is 11.2 Å². The molecule has 7 aromatic carbocycles. The van der Waals surface area contributed by atoms with Gasteiger partial charge in [0.15, 0.2) is 17.5 Å². The number of hydrogen-bond acceptors (Lipinski definition) is 4. The molecule has 0 radical (unpaired) electrons. The molecule has 0 spiro atoms. The maximum atomic E-state index is 6.43. The minimum absolute atomic E-state index is 0.0307. The highest BCUT2D eigenvalue weighted by atomic mass is 16.3. The van der Waals surface area contributed by atoms with Crippen LogP contribution >= 0.6 is 0 Å². The SMILES string of the molecule is CC1(C)c2ccccc2-c2c(-c3ccc(-c4ccc5oc6cccc(-c7nc(-c8ccccc8)nc(-c8ccccc8)n7)c6c5c4)cc3)cccc21. The molecule has 0 N–H and O–H groups in total. The molecular weight excluding hydrogens is 635 g/mol. The number of fused-ring (bicyclic) bond motifs is 6. The van der Waals surface area contributed by atoms with Crippen LogP contribution in [-0.2, 0) is 5.41 Å². The van der Waals surface area contributed by atoms with Crippen LogP contribution in [0.3, 0.4) is 0 Å². The third-order valence-corrected chi connectivity index (χ3v) is 10.6. The summed E-state index contributed by atoms with van der Waals surface area (Å²) >= 11 is 0. The molecule has 0 amide bonds. The number of hydrogen-bond donors (Lipinski definition) is 0. The molecule has 2 aromatic heterocycles. The quantitative estimate of drug-likeness (QED) is 0.183. The van der Waals surface area contributed by atoms with Gasteiger partial charge in [0.2, 0.25) is 0 Å². The van der Waals surface area contributed by atoms with Gasteiger partial charge in [-0.3, -0.25) is 0 Å². The Morgan fingerprint density at radius 2 is 0.962 bits per heavy atom. The molecule has 0 bridgehead atoms. The van der Waals surface area contributed by atoms with Crippen LogP contribution in [0.25, 0.3) is 89.5 Å². The third-order valence-electron chi connectivity index (χ3n) is 10.6. The van der Waals surface area contributed by atoms with Crippen LogP contribution in [0.15, 0.2) is 168 Å². The standard InChI is InChI=1S/C48H33N3O/c1-48(2)39-20-10-9-17-36(39)43-35(18-11-21-40(43)48)31-25-23-30(24-26-31)34-27-28-41-38(29-34)44-37(19-12-22-42(44)52-41)47-50-45(32-13-5-3-6-14-32)49-46(51-47)33-15-7-4-8-16-33/h3-29H,1-2H3. The lowest BCUT2D eigenvalue weighted by atomic mass is 9.82. The first-order valence-electron chi connectivity index (χ1n) is 17.7. The highest BCUT2D eigenvalue weighted by Gasteiger charge is 2.36. The summed E-state index contributed by atoms with van der Waals surface area (Å²) in [5, 5.41) is 2.01. The van der Waals surface area contributed by atoms with Crippen molar-refractivity contribution in [3.05, 3.63) is 175 Å². The average Bonchev–Trinajstić information content (AvgIpc) is 3.70. The van der Waals surface area contributed by atoms with Crippen LogP contribution < -0.4 is 0 Å². The monoisotopic (exact) mass is 667 g/mol. The van der Waals surface area contributed by atoms with Gasteiger partial charge in [-0.15, -0.1) is 0 Å². The fourth-order valence-corrected chi connectivity index (χ4v) is 7.96. The summed E-state index contributed by atoms with van der Waals surface area (Å²) in [6, 6.07) is 57.2. The molecule has 246 valence electrons. The molecule has 0 saturated heterocycles. The number of benzene rings is 7. The van der Waals surface area contributed by atoms with E-state index in [4.69, 9.17) is 19.4 Å². The third kappa shape index (κ3) is 4.79. The van der Waals surface area contributed by atoms with Crippen LogP contribution in [0.2, 0.25) is 0 Å². The van der Waals surface area contributed by atoms with E-state index in [-0.39, 0.29) is 5.41 Å². The summed E-state index contributed by atoms with van der Waals surface area (Å²) in [6.07, 6.45) is 0. The predicted octanol–water partition coefficient (Wildman–Crippen LogP) is 12.4. The van der Waals surface area contributed by atoms with Crippen molar-refractivity contribution in [1.29, 1.82) is 0 Å². The Morgan fingerprint density at radius 3 is 1.69 bits per heavy atom.